The van der Waals surface area contributed by atoms with E-state index in [1.807, 2.05) is 35.0 Å². The number of nitrogens with zero attached hydrogens (tertiary/aromatic N) is 3. The first kappa shape index (κ1) is 14.7. The number of benzene rings is 1. The van der Waals surface area contributed by atoms with E-state index in [1.54, 1.807) is 12.5 Å². The van der Waals surface area contributed by atoms with Crippen LogP contribution in [0, 0.1) is 0 Å². The Morgan fingerprint density at radius 2 is 2.00 bits per heavy atom. The van der Waals surface area contributed by atoms with Crippen LogP contribution in [0.15, 0.2) is 43.0 Å². The molecular formula is C16H20N4O2. The van der Waals surface area contributed by atoms with Crippen LogP contribution in [0.1, 0.15) is 5.56 Å². The second-order valence-electron chi connectivity index (χ2n) is 5.30. The highest BCUT2D eigenvalue weighted by Gasteiger charge is 2.13. The lowest BCUT2D eigenvalue weighted by Crippen LogP contribution is -2.43. The van der Waals surface area contributed by atoms with Gasteiger partial charge in [0.1, 0.15) is 0 Å². The number of imidazole rings is 1. The quantitative estimate of drug-likeness (QED) is 0.888. The lowest BCUT2D eigenvalue weighted by atomic mass is 10.2. The van der Waals surface area contributed by atoms with Gasteiger partial charge in [-0.25, -0.2) is 4.98 Å². The van der Waals surface area contributed by atoms with Crippen LogP contribution in [0.4, 0.5) is 0 Å². The molecule has 1 aliphatic rings. The van der Waals surface area contributed by atoms with Crippen molar-refractivity contribution in [2.75, 3.05) is 32.8 Å². The molecule has 0 bridgehead atoms. The van der Waals surface area contributed by atoms with Gasteiger partial charge in [-0.3, -0.25) is 9.69 Å². The second-order valence-corrected chi connectivity index (χ2v) is 5.30. The molecule has 1 fully saturated rings. The Morgan fingerprint density at radius 1 is 1.23 bits per heavy atom. The predicted octanol–water partition coefficient (Wildman–Crippen LogP) is 0.821. The lowest BCUT2D eigenvalue weighted by Gasteiger charge is -2.25. The van der Waals surface area contributed by atoms with Gasteiger partial charge in [0.25, 0.3) is 0 Å². The Balaban J connectivity index is 1.47. The molecule has 1 amide bonds. The van der Waals surface area contributed by atoms with Crippen molar-refractivity contribution in [3.63, 3.8) is 0 Å². The lowest BCUT2D eigenvalue weighted by molar-refractivity contribution is -0.123. The first-order chi connectivity index (χ1) is 10.8. The fourth-order valence-corrected chi connectivity index (χ4v) is 2.42. The summed E-state index contributed by atoms with van der Waals surface area (Å²) < 4.78 is 7.22. The van der Waals surface area contributed by atoms with E-state index >= 15 is 0 Å². The molecule has 0 radical (unpaired) electrons. The fraction of sp³-hybridized carbons (Fsp3) is 0.375. The van der Waals surface area contributed by atoms with E-state index in [1.165, 1.54) is 0 Å². The summed E-state index contributed by atoms with van der Waals surface area (Å²) in [6, 6.07) is 8.07. The molecular weight excluding hydrogens is 280 g/mol. The molecule has 6 heteroatoms. The minimum atomic E-state index is 0.0561. The van der Waals surface area contributed by atoms with Crippen molar-refractivity contribution < 1.29 is 9.53 Å². The van der Waals surface area contributed by atoms with Gasteiger partial charge in [0, 0.05) is 37.7 Å². The third-order valence-electron chi connectivity index (χ3n) is 3.70. The Bertz CT molecular complexity index is 589. The van der Waals surface area contributed by atoms with Gasteiger partial charge in [-0.2, -0.15) is 0 Å². The third kappa shape index (κ3) is 3.93. The molecule has 6 nitrogen and oxygen atoms in total. The van der Waals surface area contributed by atoms with Crippen LogP contribution >= 0.6 is 0 Å². The molecule has 116 valence electrons. The summed E-state index contributed by atoms with van der Waals surface area (Å²) in [4.78, 5) is 18.1. The molecule has 0 aliphatic carbocycles. The summed E-state index contributed by atoms with van der Waals surface area (Å²) in [6.45, 7) is 4.07. The highest BCUT2D eigenvalue weighted by Crippen LogP contribution is 2.09. The van der Waals surface area contributed by atoms with Gasteiger partial charge in [-0.1, -0.05) is 12.1 Å². The van der Waals surface area contributed by atoms with Gasteiger partial charge in [0.05, 0.1) is 26.1 Å². The van der Waals surface area contributed by atoms with E-state index in [2.05, 4.69) is 15.2 Å². The minimum Gasteiger partial charge on any atom is -0.379 e. The number of hydrogen-bond acceptors (Lipinski definition) is 4. The first-order valence-corrected chi connectivity index (χ1v) is 7.45. The number of aromatic nitrogens is 2. The van der Waals surface area contributed by atoms with Crippen molar-refractivity contribution in [3.05, 3.63) is 48.5 Å². The van der Waals surface area contributed by atoms with Gasteiger partial charge in [0.15, 0.2) is 0 Å². The first-order valence-electron chi connectivity index (χ1n) is 7.45. The van der Waals surface area contributed by atoms with Crippen LogP contribution in [0.2, 0.25) is 0 Å². The van der Waals surface area contributed by atoms with E-state index in [-0.39, 0.29) is 5.91 Å². The predicted molar refractivity (Wildman–Crippen MR) is 82.7 cm³/mol. The zero-order valence-corrected chi connectivity index (χ0v) is 12.4. The Labute approximate surface area is 129 Å². The zero-order valence-electron chi connectivity index (χ0n) is 12.4. The van der Waals surface area contributed by atoms with Crippen LogP contribution < -0.4 is 5.32 Å². The average Bonchev–Trinajstić information content (AvgIpc) is 3.09. The standard InChI is InChI=1S/C16H20N4O2/c21-16(12-19-7-9-22-10-8-19)18-11-14-1-3-15(4-2-14)20-6-5-17-13-20/h1-6,13H,7-12H2,(H,18,21). The van der Waals surface area contributed by atoms with Crippen molar-refractivity contribution >= 4 is 5.91 Å². The van der Waals surface area contributed by atoms with Crippen molar-refractivity contribution in [3.8, 4) is 5.69 Å². The molecule has 1 aromatic carbocycles. The molecule has 22 heavy (non-hydrogen) atoms. The number of ether oxygens (including phenoxy) is 1. The number of hydrogen-bond donors (Lipinski definition) is 1. The molecule has 3 rings (SSSR count). The van der Waals surface area contributed by atoms with Gasteiger partial charge in [0.2, 0.25) is 5.91 Å². The van der Waals surface area contributed by atoms with Crippen molar-refractivity contribution in [2.45, 2.75) is 6.54 Å². The maximum absolute atomic E-state index is 11.9. The summed E-state index contributed by atoms with van der Waals surface area (Å²) in [5.41, 5.74) is 2.14. The summed E-state index contributed by atoms with van der Waals surface area (Å²) in [5, 5.41) is 2.96. The maximum Gasteiger partial charge on any atom is 0.234 e. The van der Waals surface area contributed by atoms with Crippen LogP contribution in [0.3, 0.4) is 0 Å². The van der Waals surface area contributed by atoms with Crippen LogP contribution in [-0.4, -0.2) is 53.2 Å². The second kappa shape index (κ2) is 7.20. The highest BCUT2D eigenvalue weighted by molar-refractivity contribution is 5.78. The number of carbonyl (C=O) groups is 1. The van der Waals surface area contributed by atoms with Gasteiger partial charge < -0.3 is 14.6 Å². The molecule has 1 N–H and O–H groups in total. The van der Waals surface area contributed by atoms with E-state index in [9.17, 15) is 4.79 Å². The van der Waals surface area contributed by atoms with Crippen LogP contribution in [0.5, 0.6) is 0 Å². The molecule has 0 unspecified atom stereocenters. The third-order valence-corrected chi connectivity index (χ3v) is 3.70. The van der Waals surface area contributed by atoms with E-state index < -0.39 is 0 Å². The van der Waals surface area contributed by atoms with Crippen molar-refractivity contribution in [1.29, 1.82) is 0 Å². The normalized spacial score (nSPS) is 15.6. The zero-order chi connectivity index (χ0) is 15.2. The smallest absolute Gasteiger partial charge is 0.234 e. The monoisotopic (exact) mass is 300 g/mol. The number of amides is 1. The number of carbonyl (C=O) groups excluding carboxylic acids is 1. The van der Waals surface area contributed by atoms with Gasteiger partial charge in [-0.05, 0) is 17.7 Å². The van der Waals surface area contributed by atoms with Crippen molar-refractivity contribution in [2.24, 2.45) is 0 Å². The van der Waals surface area contributed by atoms with E-state index in [0.29, 0.717) is 26.3 Å². The molecule has 1 aliphatic heterocycles. The summed E-state index contributed by atoms with van der Waals surface area (Å²) in [5.74, 6) is 0.0561. The topological polar surface area (TPSA) is 59.4 Å². The minimum absolute atomic E-state index is 0.0561. The maximum atomic E-state index is 11.9. The Hall–Kier alpha value is -2.18. The molecule has 2 heterocycles. The van der Waals surface area contributed by atoms with Gasteiger partial charge >= 0.3 is 0 Å². The van der Waals surface area contributed by atoms with Gasteiger partial charge in [-0.15, -0.1) is 0 Å². The van der Waals surface area contributed by atoms with Crippen LogP contribution in [0.25, 0.3) is 5.69 Å². The SMILES string of the molecule is O=C(CN1CCOCC1)NCc1ccc(-n2ccnc2)cc1. The van der Waals surface area contributed by atoms with E-state index in [0.717, 1.165) is 24.3 Å². The molecule has 0 atom stereocenters. The molecule has 1 aromatic heterocycles. The number of nitrogens with one attached hydrogen (secondary N) is 1. The summed E-state index contributed by atoms with van der Waals surface area (Å²) in [6.07, 6.45) is 5.41. The van der Waals surface area contributed by atoms with Crippen molar-refractivity contribution in [1.82, 2.24) is 19.8 Å². The fourth-order valence-electron chi connectivity index (χ4n) is 2.42. The molecule has 1 saturated heterocycles. The largest absolute Gasteiger partial charge is 0.379 e. The molecule has 2 aromatic rings. The summed E-state index contributed by atoms with van der Waals surface area (Å²) >= 11 is 0. The van der Waals surface area contributed by atoms with E-state index in [4.69, 9.17) is 4.74 Å². The van der Waals surface area contributed by atoms with Crippen LogP contribution in [-0.2, 0) is 16.1 Å². The molecule has 0 spiro atoms. The number of morpholine rings is 1. The average molecular weight is 300 g/mol. The summed E-state index contributed by atoms with van der Waals surface area (Å²) in [7, 11) is 0. The number of rotatable bonds is 5. The Kier molecular flexibility index (Phi) is 4.82. The highest BCUT2D eigenvalue weighted by atomic mass is 16.5. The molecule has 0 saturated carbocycles. The Morgan fingerprint density at radius 3 is 2.68 bits per heavy atom.